The molecule has 1 saturated heterocycles. The van der Waals surface area contributed by atoms with Gasteiger partial charge in [-0.3, -0.25) is 9.59 Å². The summed E-state index contributed by atoms with van der Waals surface area (Å²) in [5.74, 6) is 0.397. The molecule has 0 bridgehead atoms. The lowest BCUT2D eigenvalue weighted by Crippen LogP contribution is -2.41. The molecular weight excluding hydrogens is 304 g/mol. The molecule has 1 aliphatic heterocycles. The Bertz CT molecular complexity index is 701. The Morgan fingerprint density at radius 2 is 2.00 bits per heavy atom. The van der Waals surface area contributed by atoms with Crippen LogP contribution in [-0.2, 0) is 0 Å². The molecule has 0 unspecified atom stereocenters. The topological polar surface area (TPSA) is 62.6 Å². The normalized spacial score (nSPS) is 15.3. The summed E-state index contributed by atoms with van der Waals surface area (Å²) < 4.78 is 4.97. The number of hydrogen-bond donors (Lipinski definition) is 1. The van der Waals surface area contributed by atoms with Crippen LogP contribution in [0.5, 0.6) is 0 Å². The van der Waals surface area contributed by atoms with E-state index in [1.165, 1.54) is 12.5 Å². The second-order valence-electron chi connectivity index (χ2n) is 6.33. The van der Waals surface area contributed by atoms with Gasteiger partial charge in [-0.2, -0.15) is 0 Å². The largest absolute Gasteiger partial charge is 0.472 e. The summed E-state index contributed by atoms with van der Waals surface area (Å²) in [5.41, 5.74) is 2.37. The average molecular weight is 326 g/mol. The van der Waals surface area contributed by atoms with Crippen LogP contribution in [0.15, 0.2) is 47.3 Å². The molecule has 3 rings (SSSR count). The minimum atomic E-state index is -0.0318. The Balaban J connectivity index is 1.46. The molecule has 0 radical (unpaired) electrons. The minimum Gasteiger partial charge on any atom is -0.472 e. The summed E-state index contributed by atoms with van der Waals surface area (Å²) >= 11 is 0. The minimum absolute atomic E-state index is 0.0194. The van der Waals surface area contributed by atoms with E-state index < -0.39 is 0 Å². The van der Waals surface area contributed by atoms with E-state index in [0.29, 0.717) is 23.6 Å². The predicted octanol–water partition coefficient (Wildman–Crippen LogP) is 2.87. The SMILES string of the molecule is Cc1cccc(C(=O)NCC2CCN(C(=O)c3ccoc3)CC2)c1. The van der Waals surface area contributed by atoms with Gasteiger partial charge in [0.25, 0.3) is 11.8 Å². The highest BCUT2D eigenvalue weighted by Crippen LogP contribution is 2.19. The zero-order valence-corrected chi connectivity index (χ0v) is 13.8. The molecule has 2 aromatic rings. The van der Waals surface area contributed by atoms with Gasteiger partial charge in [-0.05, 0) is 43.9 Å². The maximum atomic E-state index is 12.2. The van der Waals surface area contributed by atoms with Gasteiger partial charge in [0.05, 0.1) is 11.8 Å². The Morgan fingerprint density at radius 3 is 2.67 bits per heavy atom. The second kappa shape index (κ2) is 7.34. The zero-order chi connectivity index (χ0) is 16.9. The monoisotopic (exact) mass is 326 g/mol. The number of aryl methyl sites for hydroxylation is 1. The fraction of sp³-hybridized carbons (Fsp3) is 0.368. The number of furan rings is 1. The van der Waals surface area contributed by atoms with Crippen molar-refractivity contribution in [1.82, 2.24) is 10.2 Å². The Hall–Kier alpha value is -2.56. The van der Waals surface area contributed by atoms with E-state index in [-0.39, 0.29) is 11.8 Å². The van der Waals surface area contributed by atoms with Gasteiger partial charge in [0.2, 0.25) is 0 Å². The summed E-state index contributed by atoms with van der Waals surface area (Å²) in [6.45, 7) is 4.06. The van der Waals surface area contributed by atoms with Crippen molar-refractivity contribution in [3.63, 3.8) is 0 Å². The van der Waals surface area contributed by atoms with Crippen LogP contribution in [0.25, 0.3) is 0 Å². The lowest BCUT2D eigenvalue weighted by Gasteiger charge is -2.31. The van der Waals surface area contributed by atoms with Crippen LogP contribution in [0.2, 0.25) is 0 Å². The van der Waals surface area contributed by atoms with Crippen molar-refractivity contribution >= 4 is 11.8 Å². The number of benzene rings is 1. The summed E-state index contributed by atoms with van der Waals surface area (Å²) in [5, 5.41) is 3.01. The van der Waals surface area contributed by atoms with E-state index >= 15 is 0 Å². The number of hydrogen-bond acceptors (Lipinski definition) is 3. The molecular formula is C19H22N2O3. The van der Waals surface area contributed by atoms with Gasteiger partial charge in [0.1, 0.15) is 6.26 Å². The first-order valence-corrected chi connectivity index (χ1v) is 8.30. The summed E-state index contributed by atoms with van der Waals surface area (Å²) in [6, 6.07) is 9.28. The Kier molecular flexibility index (Phi) is 4.99. The molecule has 1 fully saturated rings. The number of likely N-dealkylation sites (tertiary alicyclic amines) is 1. The highest BCUT2D eigenvalue weighted by Gasteiger charge is 2.24. The van der Waals surface area contributed by atoms with Gasteiger partial charge in [-0.25, -0.2) is 0 Å². The number of piperidine rings is 1. The van der Waals surface area contributed by atoms with Gasteiger partial charge in [0.15, 0.2) is 0 Å². The number of rotatable bonds is 4. The third kappa shape index (κ3) is 3.85. The molecule has 0 spiro atoms. The van der Waals surface area contributed by atoms with Gasteiger partial charge >= 0.3 is 0 Å². The van der Waals surface area contributed by atoms with Crippen LogP contribution in [0.4, 0.5) is 0 Å². The van der Waals surface area contributed by atoms with E-state index in [2.05, 4.69) is 5.32 Å². The zero-order valence-electron chi connectivity index (χ0n) is 13.8. The molecule has 24 heavy (non-hydrogen) atoms. The molecule has 0 saturated carbocycles. The summed E-state index contributed by atoms with van der Waals surface area (Å²) in [6.07, 6.45) is 4.80. The molecule has 1 aromatic carbocycles. The summed E-state index contributed by atoms with van der Waals surface area (Å²) in [7, 11) is 0. The lowest BCUT2D eigenvalue weighted by molar-refractivity contribution is 0.0683. The highest BCUT2D eigenvalue weighted by atomic mass is 16.3. The first kappa shape index (κ1) is 16.3. The van der Waals surface area contributed by atoms with E-state index in [4.69, 9.17) is 4.42 Å². The molecule has 5 heteroatoms. The van der Waals surface area contributed by atoms with Gasteiger partial charge < -0.3 is 14.6 Å². The number of amides is 2. The van der Waals surface area contributed by atoms with Gasteiger partial charge in [-0.1, -0.05) is 17.7 Å². The molecule has 0 atom stereocenters. The van der Waals surface area contributed by atoms with Crippen molar-refractivity contribution in [2.24, 2.45) is 5.92 Å². The molecule has 5 nitrogen and oxygen atoms in total. The molecule has 2 amide bonds. The third-order valence-corrected chi connectivity index (χ3v) is 4.50. The molecule has 0 aliphatic carbocycles. The van der Waals surface area contributed by atoms with Crippen LogP contribution in [0.1, 0.15) is 39.1 Å². The van der Waals surface area contributed by atoms with Crippen molar-refractivity contribution in [3.05, 3.63) is 59.5 Å². The number of carbonyl (C=O) groups excluding carboxylic acids is 2. The average Bonchev–Trinajstić information content (AvgIpc) is 3.14. The van der Waals surface area contributed by atoms with Gasteiger partial charge in [-0.15, -0.1) is 0 Å². The second-order valence-corrected chi connectivity index (χ2v) is 6.33. The first-order chi connectivity index (χ1) is 11.6. The Morgan fingerprint density at radius 1 is 1.21 bits per heavy atom. The van der Waals surface area contributed by atoms with Crippen LogP contribution in [-0.4, -0.2) is 36.3 Å². The fourth-order valence-corrected chi connectivity index (χ4v) is 3.03. The standard InChI is InChI=1S/C19H22N2O3/c1-14-3-2-4-16(11-14)18(22)20-12-15-5-8-21(9-6-15)19(23)17-7-10-24-13-17/h2-4,7,10-11,13,15H,5-6,8-9,12H2,1H3,(H,20,22). The van der Waals surface area contributed by atoms with E-state index in [1.54, 1.807) is 6.07 Å². The van der Waals surface area contributed by atoms with Crippen molar-refractivity contribution in [1.29, 1.82) is 0 Å². The van der Waals surface area contributed by atoms with E-state index in [1.807, 2.05) is 36.1 Å². The molecule has 1 aliphatic rings. The highest BCUT2D eigenvalue weighted by molar-refractivity contribution is 5.94. The van der Waals surface area contributed by atoms with Gasteiger partial charge in [0, 0.05) is 25.2 Å². The van der Waals surface area contributed by atoms with Crippen LogP contribution >= 0.6 is 0 Å². The lowest BCUT2D eigenvalue weighted by atomic mass is 9.96. The number of nitrogens with one attached hydrogen (secondary N) is 1. The van der Waals surface area contributed by atoms with Crippen molar-refractivity contribution in [2.75, 3.05) is 19.6 Å². The number of carbonyl (C=O) groups is 2. The molecule has 1 N–H and O–H groups in total. The van der Waals surface area contributed by atoms with Crippen LogP contribution in [0, 0.1) is 12.8 Å². The van der Waals surface area contributed by atoms with Crippen molar-refractivity contribution < 1.29 is 14.0 Å². The van der Waals surface area contributed by atoms with E-state index in [0.717, 1.165) is 31.5 Å². The number of nitrogens with zero attached hydrogens (tertiary/aromatic N) is 1. The van der Waals surface area contributed by atoms with Crippen molar-refractivity contribution in [3.8, 4) is 0 Å². The maximum absolute atomic E-state index is 12.2. The quantitative estimate of drug-likeness (QED) is 0.940. The fourth-order valence-electron chi connectivity index (χ4n) is 3.03. The smallest absolute Gasteiger partial charge is 0.257 e. The molecule has 1 aromatic heterocycles. The predicted molar refractivity (Wildman–Crippen MR) is 90.8 cm³/mol. The van der Waals surface area contributed by atoms with Crippen LogP contribution in [0.3, 0.4) is 0 Å². The Labute approximate surface area is 141 Å². The van der Waals surface area contributed by atoms with Crippen molar-refractivity contribution in [2.45, 2.75) is 19.8 Å². The first-order valence-electron chi connectivity index (χ1n) is 8.30. The maximum Gasteiger partial charge on any atom is 0.257 e. The summed E-state index contributed by atoms with van der Waals surface area (Å²) in [4.78, 5) is 26.3. The molecule has 2 heterocycles. The van der Waals surface area contributed by atoms with E-state index in [9.17, 15) is 9.59 Å². The molecule has 126 valence electrons. The van der Waals surface area contributed by atoms with Crippen LogP contribution < -0.4 is 5.32 Å². The third-order valence-electron chi connectivity index (χ3n) is 4.50.